The first-order valence-electron chi connectivity index (χ1n) is 11.0. The molecule has 1 heterocycles. The fourth-order valence-electron chi connectivity index (χ4n) is 3.52. The Hall–Kier alpha value is -4.18. The fraction of sp³-hybridized carbons (Fsp3) is 0.154. The van der Waals surface area contributed by atoms with Gasteiger partial charge in [-0.1, -0.05) is 34.1 Å². The number of ether oxygens (including phenoxy) is 2. The van der Waals surface area contributed by atoms with Gasteiger partial charge in [0.15, 0.2) is 11.5 Å². The van der Waals surface area contributed by atoms with Gasteiger partial charge in [-0.2, -0.15) is 0 Å². The highest BCUT2D eigenvalue weighted by Gasteiger charge is 2.23. The van der Waals surface area contributed by atoms with Crippen LogP contribution in [-0.4, -0.2) is 42.8 Å². The quantitative estimate of drug-likeness (QED) is 0.303. The van der Waals surface area contributed by atoms with Crippen LogP contribution in [0.4, 0.5) is 11.4 Å². The first-order chi connectivity index (χ1) is 17.3. The second-order valence-corrected chi connectivity index (χ2v) is 8.86. The highest BCUT2D eigenvalue weighted by molar-refractivity contribution is 9.10. The number of anilines is 2. The van der Waals surface area contributed by atoms with Gasteiger partial charge >= 0.3 is 0 Å². The van der Waals surface area contributed by atoms with Crippen molar-refractivity contribution in [2.75, 3.05) is 23.8 Å². The standard InChI is InChI=1S/C26H22BrN3O6/c1-15(31)29-21-10-9-17(27)12-20(21)24(32)26(34)30-18-6-4-5-16(11-18)25(33)28-13-19-14-35-22-7-2-3-8-23(22)36-19/h2-12,19H,13-14H2,1H3,(H,28,33)(H,29,31)(H,30,34)/t19-/m0/s1. The summed E-state index contributed by atoms with van der Waals surface area (Å²) in [4.78, 5) is 49.6. The number of rotatable bonds is 7. The van der Waals surface area contributed by atoms with E-state index in [2.05, 4.69) is 31.9 Å². The third-order valence-corrected chi connectivity index (χ3v) is 5.68. The van der Waals surface area contributed by atoms with E-state index in [4.69, 9.17) is 9.47 Å². The molecule has 0 aliphatic carbocycles. The Balaban J connectivity index is 1.38. The molecule has 4 rings (SSSR count). The van der Waals surface area contributed by atoms with Gasteiger partial charge in [0, 0.05) is 22.6 Å². The Morgan fingerprint density at radius 3 is 2.50 bits per heavy atom. The Bertz CT molecular complexity index is 1340. The van der Waals surface area contributed by atoms with Crippen molar-refractivity contribution >= 4 is 50.8 Å². The fourth-order valence-corrected chi connectivity index (χ4v) is 3.88. The molecule has 3 aromatic rings. The van der Waals surface area contributed by atoms with Crippen LogP contribution < -0.4 is 25.4 Å². The summed E-state index contributed by atoms with van der Waals surface area (Å²) in [5.41, 5.74) is 0.805. The normalized spacial score (nSPS) is 13.9. The summed E-state index contributed by atoms with van der Waals surface area (Å²) < 4.78 is 12.1. The molecule has 0 saturated heterocycles. The lowest BCUT2D eigenvalue weighted by Crippen LogP contribution is -2.40. The lowest BCUT2D eigenvalue weighted by atomic mass is 10.1. The van der Waals surface area contributed by atoms with Gasteiger partial charge in [-0.25, -0.2) is 0 Å². The number of hydrogen-bond donors (Lipinski definition) is 3. The third kappa shape index (κ3) is 6.08. The number of carbonyl (C=O) groups excluding carboxylic acids is 4. The lowest BCUT2D eigenvalue weighted by Gasteiger charge is -2.26. The van der Waals surface area contributed by atoms with Crippen LogP contribution in [0, 0.1) is 0 Å². The van der Waals surface area contributed by atoms with Crippen molar-refractivity contribution in [3.8, 4) is 11.5 Å². The summed E-state index contributed by atoms with van der Waals surface area (Å²) in [5.74, 6) is -1.23. The van der Waals surface area contributed by atoms with Gasteiger partial charge < -0.3 is 25.4 Å². The molecule has 0 fully saturated rings. The predicted molar refractivity (Wildman–Crippen MR) is 137 cm³/mol. The average molecular weight is 552 g/mol. The molecule has 0 saturated carbocycles. The maximum absolute atomic E-state index is 12.8. The van der Waals surface area contributed by atoms with Gasteiger partial charge in [0.1, 0.15) is 12.7 Å². The average Bonchev–Trinajstić information content (AvgIpc) is 2.87. The highest BCUT2D eigenvalue weighted by Crippen LogP contribution is 2.30. The molecule has 0 radical (unpaired) electrons. The molecular formula is C26H22BrN3O6. The van der Waals surface area contributed by atoms with E-state index in [0.717, 1.165) is 0 Å². The summed E-state index contributed by atoms with van der Waals surface area (Å²) in [6.07, 6.45) is -0.354. The number of hydrogen-bond acceptors (Lipinski definition) is 6. The van der Waals surface area contributed by atoms with Gasteiger partial charge in [-0.05, 0) is 48.5 Å². The van der Waals surface area contributed by atoms with E-state index >= 15 is 0 Å². The Morgan fingerprint density at radius 1 is 0.944 bits per heavy atom. The number of ketones is 1. The van der Waals surface area contributed by atoms with Crippen LogP contribution in [0.15, 0.2) is 71.2 Å². The Morgan fingerprint density at radius 2 is 1.72 bits per heavy atom. The highest BCUT2D eigenvalue weighted by atomic mass is 79.9. The molecule has 1 aliphatic rings. The molecule has 0 unspecified atom stereocenters. The number of para-hydroxylation sites is 2. The molecule has 0 spiro atoms. The van der Waals surface area contributed by atoms with Crippen molar-refractivity contribution < 1.29 is 28.7 Å². The maximum atomic E-state index is 12.8. The van der Waals surface area contributed by atoms with Crippen LogP contribution in [0.2, 0.25) is 0 Å². The van der Waals surface area contributed by atoms with E-state index < -0.39 is 11.7 Å². The van der Waals surface area contributed by atoms with E-state index in [-0.39, 0.29) is 41.4 Å². The molecule has 0 aromatic heterocycles. The SMILES string of the molecule is CC(=O)Nc1ccc(Br)cc1C(=O)C(=O)Nc1cccc(C(=O)NC[C@H]2COc3ccccc3O2)c1. The molecule has 1 atom stereocenters. The largest absolute Gasteiger partial charge is 0.486 e. The number of halogens is 1. The van der Waals surface area contributed by atoms with Gasteiger partial charge in [0.05, 0.1) is 17.8 Å². The molecule has 10 heteroatoms. The van der Waals surface area contributed by atoms with E-state index in [1.54, 1.807) is 30.3 Å². The zero-order chi connectivity index (χ0) is 25.7. The monoisotopic (exact) mass is 551 g/mol. The number of amides is 3. The Labute approximate surface area is 215 Å². The molecule has 184 valence electrons. The summed E-state index contributed by atoms with van der Waals surface area (Å²) in [5, 5.41) is 7.84. The van der Waals surface area contributed by atoms with Crippen molar-refractivity contribution in [3.63, 3.8) is 0 Å². The summed E-state index contributed by atoms with van der Waals surface area (Å²) in [7, 11) is 0. The summed E-state index contributed by atoms with van der Waals surface area (Å²) in [6.45, 7) is 1.82. The first-order valence-corrected chi connectivity index (χ1v) is 11.8. The van der Waals surface area contributed by atoms with Crippen molar-refractivity contribution in [3.05, 3.63) is 82.3 Å². The minimum absolute atomic E-state index is 0.0299. The molecular weight excluding hydrogens is 530 g/mol. The van der Waals surface area contributed by atoms with E-state index in [9.17, 15) is 19.2 Å². The van der Waals surface area contributed by atoms with Crippen LogP contribution in [0.5, 0.6) is 11.5 Å². The van der Waals surface area contributed by atoms with Crippen molar-refractivity contribution in [1.29, 1.82) is 0 Å². The number of carbonyl (C=O) groups is 4. The number of fused-ring (bicyclic) bond motifs is 1. The summed E-state index contributed by atoms with van der Waals surface area (Å²) >= 11 is 3.27. The minimum atomic E-state index is -0.913. The van der Waals surface area contributed by atoms with Gasteiger partial charge in [-0.3, -0.25) is 19.2 Å². The summed E-state index contributed by atoms with van der Waals surface area (Å²) in [6, 6.07) is 18.1. The topological polar surface area (TPSA) is 123 Å². The molecule has 3 aromatic carbocycles. The molecule has 3 amide bonds. The van der Waals surface area contributed by atoms with E-state index in [1.165, 1.54) is 25.1 Å². The van der Waals surface area contributed by atoms with E-state index in [0.29, 0.717) is 28.1 Å². The molecule has 3 N–H and O–H groups in total. The van der Waals surface area contributed by atoms with Crippen LogP contribution in [0.3, 0.4) is 0 Å². The second-order valence-electron chi connectivity index (χ2n) is 7.94. The number of nitrogens with one attached hydrogen (secondary N) is 3. The number of benzene rings is 3. The van der Waals surface area contributed by atoms with Crippen LogP contribution in [0.1, 0.15) is 27.6 Å². The molecule has 9 nitrogen and oxygen atoms in total. The maximum Gasteiger partial charge on any atom is 0.296 e. The third-order valence-electron chi connectivity index (χ3n) is 5.18. The van der Waals surface area contributed by atoms with E-state index in [1.807, 2.05) is 18.2 Å². The van der Waals surface area contributed by atoms with Crippen LogP contribution in [-0.2, 0) is 9.59 Å². The molecule has 0 bridgehead atoms. The van der Waals surface area contributed by atoms with Crippen molar-refractivity contribution in [2.24, 2.45) is 0 Å². The van der Waals surface area contributed by atoms with Gasteiger partial charge in [0.2, 0.25) is 5.91 Å². The zero-order valence-corrected chi connectivity index (χ0v) is 20.8. The predicted octanol–water partition coefficient (Wildman–Crippen LogP) is 3.80. The van der Waals surface area contributed by atoms with Crippen molar-refractivity contribution in [2.45, 2.75) is 13.0 Å². The van der Waals surface area contributed by atoms with Crippen LogP contribution >= 0.6 is 15.9 Å². The number of Topliss-reactive ketones (excluding diaryl/α,β-unsaturated/α-hetero) is 1. The second kappa shape index (κ2) is 11.0. The smallest absolute Gasteiger partial charge is 0.296 e. The molecule has 1 aliphatic heterocycles. The van der Waals surface area contributed by atoms with Gasteiger partial charge in [-0.15, -0.1) is 0 Å². The van der Waals surface area contributed by atoms with Crippen LogP contribution in [0.25, 0.3) is 0 Å². The van der Waals surface area contributed by atoms with Crippen molar-refractivity contribution in [1.82, 2.24) is 5.32 Å². The molecule has 36 heavy (non-hydrogen) atoms. The zero-order valence-electron chi connectivity index (χ0n) is 19.2. The minimum Gasteiger partial charge on any atom is -0.486 e. The first kappa shape index (κ1) is 24.9. The lowest BCUT2D eigenvalue weighted by molar-refractivity contribution is -0.114. The Kier molecular flexibility index (Phi) is 7.65. The van der Waals surface area contributed by atoms with Gasteiger partial charge in [0.25, 0.3) is 17.6 Å².